The Labute approximate surface area is 193 Å². The Morgan fingerprint density at radius 1 is 1.12 bits per heavy atom. The van der Waals surface area contributed by atoms with Gasteiger partial charge in [0.2, 0.25) is 0 Å². The van der Waals surface area contributed by atoms with E-state index in [1.165, 1.54) is 0 Å². The number of rotatable bonds is 5. The van der Waals surface area contributed by atoms with Gasteiger partial charge in [0.05, 0.1) is 11.9 Å². The molecule has 0 aliphatic carbocycles. The van der Waals surface area contributed by atoms with Crippen LogP contribution in [0.3, 0.4) is 0 Å². The molecule has 2 aromatic heterocycles. The van der Waals surface area contributed by atoms with E-state index in [0.717, 1.165) is 48.3 Å². The molecule has 5 rings (SSSR count). The number of fused-ring (bicyclic) bond motifs is 1. The fraction of sp³-hybridized carbons (Fsp3) is 0.280. The number of nitrogens with one attached hydrogen (secondary N) is 1. The molecule has 1 aliphatic rings. The minimum Gasteiger partial charge on any atom is -0.384 e. The fourth-order valence-electron chi connectivity index (χ4n) is 4.57. The Kier molecular flexibility index (Phi) is 5.87. The molecule has 168 valence electrons. The standard InChI is InChI=1S/C25H27BFN5O/c1-15(30-18-9-11-33-12-10-18)23-22(26)24(28)32-25(31-23)20(14-29-32)17-7-8-19(21(27)13-17)16-5-3-2-4-6-16/h2-8,13-15,18,30H,9-12,26,28H2,1H3. The van der Waals surface area contributed by atoms with Crippen LogP contribution >= 0.6 is 0 Å². The molecular formula is C25H27BFN5O. The normalized spacial score (nSPS) is 15.7. The molecule has 0 amide bonds. The van der Waals surface area contributed by atoms with E-state index in [4.69, 9.17) is 15.5 Å². The van der Waals surface area contributed by atoms with Crippen molar-refractivity contribution in [2.45, 2.75) is 31.8 Å². The highest BCUT2D eigenvalue weighted by Crippen LogP contribution is 2.30. The van der Waals surface area contributed by atoms with Crippen LogP contribution in [0.15, 0.2) is 54.7 Å². The number of benzene rings is 2. The lowest BCUT2D eigenvalue weighted by molar-refractivity contribution is 0.0753. The van der Waals surface area contributed by atoms with Gasteiger partial charge in [-0.3, -0.25) is 0 Å². The lowest BCUT2D eigenvalue weighted by Crippen LogP contribution is -2.39. The van der Waals surface area contributed by atoms with E-state index in [9.17, 15) is 0 Å². The third-order valence-electron chi connectivity index (χ3n) is 6.45. The van der Waals surface area contributed by atoms with Gasteiger partial charge in [-0.1, -0.05) is 42.5 Å². The van der Waals surface area contributed by atoms with E-state index < -0.39 is 0 Å². The Hall–Kier alpha value is -3.23. The first-order valence-corrected chi connectivity index (χ1v) is 11.4. The highest BCUT2D eigenvalue weighted by Gasteiger charge is 2.22. The summed E-state index contributed by atoms with van der Waals surface area (Å²) >= 11 is 0. The summed E-state index contributed by atoms with van der Waals surface area (Å²) in [7, 11) is 1.97. The number of ether oxygens (including phenoxy) is 1. The number of anilines is 1. The SMILES string of the molecule is Bc1c(C(C)NC2CCOCC2)nc2c(-c3ccc(-c4ccccc4)c(F)c3)cnn2c1N. The zero-order valence-electron chi connectivity index (χ0n) is 18.9. The molecule has 0 bridgehead atoms. The fourth-order valence-corrected chi connectivity index (χ4v) is 4.57. The second-order valence-electron chi connectivity index (χ2n) is 8.64. The summed E-state index contributed by atoms with van der Waals surface area (Å²) in [5.41, 5.74) is 11.7. The molecule has 1 saturated heterocycles. The molecule has 6 nitrogen and oxygen atoms in total. The van der Waals surface area contributed by atoms with Crippen molar-refractivity contribution < 1.29 is 9.13 Å². The maximum Gasteiger partial charge on any atom is 0.165 e. The quantitative estimate of drug-likeness (QED) is 0.464. The van der Waals surface area contributed by atoms with E-state index >= 15 is 4.39 Å². The van der Waals surface area contributed by atoms with Gasteiger partial charge in [0, 0.05) is 36.4 Å². The summed E-state index contributed by atoms with van der Waals surface area (Å²) in [6.45, 7) is 3.65. The van der Waals surface area contributed by atoms with Gasteiger partial charge in [-0.15, -0.1) is 0 Å². The average Bonchev–Trinajstić information content (AvgIpc) is 3.26. The minimum absolute atomic E-state index is 0.0142. The van der Waals surface area contributed by atoms with Gasteiger partial charge in [-0.05, 0) is 42.4 Å². The van der Waals surface area contributed by atoms with Crippen LogP contribution in [0.25, 0.3) is 27.9 Å². The number of nitrogens with two attached hydrogens (primary N) is 1. The van der Waals surface area contributed by atoms with Crippen molar-refractivity contribution in [3.63, 3.8) is 0 Å². The van der Waals surface area contributed by atoms with Crippen molar-refractivity contribution in [2.24, 2.45) is 0 Å². The van der Waals surface area contributed by atoms with Gasteiger partial charge in [0.15, 0.2) is 5.65 Å². The Morgan fingerprint density at radius 3 is 2.61 bits per heavy atom. The zero-order valence-corrected chi connectivity index (χ0v) is 18.9. The number of hydrogen-bond donors (Lipinski definition) is 2. The van der Waals surface area contributed by atoms with Crippen LogP contribution in [-0.2, 0) is 4.74 Å². The smallest absolute Gasteiger partial charge is 0.165 e. The molecule has 8 heteroatoms. The van der Waals surface area contributed by atoms with E-state index in [0.29, 0.717) is 28.6 Å². The molecule has 3 heterocycles. The van der Waals surface area contributed by atoms with E-state index in [-0.39, 0.29) is 11.9 Å². The first-order valence-electron chi connectivity index (χ1n) is 11.4. The molecule has 33 heavy (non-hydrogen) atoms. The van der Waals surface area contributed by atoms with Crippen molar-refractivity contribution in [1.82, 2.24) is 19.9 Å². The topological polar surface area (TPSA) is 77.5 Å². The van der Waals surface area contributed by atoms with Crippen molar-refractivity contribution in [2.75, 3.05) is 18.9 Å². The Bertz CT molecular complexity index is 1290. The number of hydrogen-bond acceptors (Lipinski definition) is 5. The molecule has 0 radical (unpaired) electrons. The van der Waals surface area contributed by atoms with Crippen molar-refractivity contribution in [1.29, 1.82) is 0 Å². The largest absolute Gasteiger partial charge is 0.384 e. The van der Waals surface area contributed by atoms with Crippen LogP contribution in [0.4, 0.5) is 10.2 Å². The highest BCUT2D eigenvalue weighted by atomic mass is 19.1. The lowest BCUT2D eigenvalue weighted by Gasteiger charge is -2.27. The third-order valence-corrected chi connectivity index (χ3v) is 6.45. The molecule has 2 aromatic carbocycles. The number of aromatic nitrogens is 3. The van der Waals surface area contributed by atoms with Gasteiger partial charge in [-0.25, -0.2) is 9.37 Å². The monoisotopic (exact) mass is 443 g/mol. The van der Waals surface area contributed by atoms with Crippen LogP contribution in [0.2, 0.25) is 0 Å². The molecule has 4 aromatic rings. The maximum absolute atomic E-state index is 15.0. The first kappa shape index (κ1) is 21.6. The molecule has 1 fully saturated rings. The van der Waals surface area contributed by atoms with Crippen molar-refractivity contribution in [3.05, 3.63) is 66.2 Å². The number of nitrogen functional groups attached to an aromatic ring is 1. The van der Waals surface area contributed by atoms with Crippen LogP contribution in [0, 0.1) is 5.82 Å². The summed E-state index contributed by atoms with van der Waals surface area (Å²) in [5.74, 6) is 0.260. The highest BCUT2D eigenvalue weighted by molar-refractivity contribution is 6.36. The maximum atomic E-state index is 15.0. The molecule has 1 atom stereocenters. The van der Waals surface area contributed by atoms with Crippen molar-refractivity contribution in [3.8, 4) is 22.3 Å². The molecule has 0 spiro atoms. The number of nitrogens with zero attached hydrogens (tertiary/aromatic N) is 3. The van der Waals surface area contributed by atoms with E-state index in [2.05, 4.69) is 17.3 Å². The van der Waals surface area contributed by atoms with Gasteiger partial charge in [0.1, 0.15) is 19.5 Å². The summed E-state index contributed by atoms with van der Waals surface area (Å²) in [6.07, 6.45) is 3.66. The molecule has 3 N–H and O–H groups in total. The predicted octanol–water partition coefficient (Wildman–Crippen LogP) is 2.87. The van der Waals surface area contributed by atoms with Crippen LogP contribution in [0.1, 0.15) is 31.5 Å². The third kappa shape index (κ3) is 4.12. The van der Waals surface area contributed by atoms with Crippen LogP contribution in [-0.4, -0.2) is 41.7 Å². The average molecular weight is 443 g/mol. The van der Waals surface area contributed by atoms with Gasteiger partial charge in [0.25, 0.3) is 0 Å². The lowest BCUT2D eigenvalue weighted by atomic mass is 9.91. The molecule has 1 unspecified atom stereocenters. The van der Waals surface area contributed by atoms with Crippen LogP contribution < -0.4 is 16.5 Å². The minimum atomic E-state index is -0.284. The predicted molar refractivity (Wildman–Crippen MR) is 132 cm³/mol. The summed E-state index contributed by atoms with van der Waals surface area (Å²) in [4.78, 5) is 4.95. The Morgan fingerprint density at radius 2 is 1.88 bits per heavy atom. The zero-order chi connectivity index (χ0) is 22.9. The summed E-state index contributed by atoms with van der Waals surface area (Å²) in [6, 6.07) is 15.2. The summed E-state index contributed by atoms with van der Waals surface area (Å²) in [5, 5.41) is 8.12. The first-order chi connectivity index (χ1) is 16.0. The van der Waals surface area contributed by atoms with Gasteiger partial charge < -0.3 is 15.8 Å². The van der Waals surface area contributed by atoms with Gasteiger partial charge in [-0.2, -0.15) is 9.61 Å². The van der Waals surface area contributed by atoms with Crippen molar-refractivity contribution >= 4 is 24.8 Å². The molecular weight excluding hydrogens is 416 g/mol. The summed E-state index contributed by atoms with van der Waals surface area (Å²) < 4.78 is 22.2. The number of halogens is 1. The van der Waals surface area contributed by atoms with Crippen LogP contribution in [0.5, 0.6) is 0 Å². The molecule has 0 saturated carbocycles. The van der Waals surface area contributed by atoms with Gasteiger partial charge >= 0.3 is 0 Å². The Balaban J connectivity index is 1.52. The second-order valence-corrected chi connectivity index (χ2v) is 8.64. The second kappa shape index (κ2) is 8.96. The van der Waals surface area contributed by atoms with E-state index in [1.54, 1.807) is 22.8 Å². The van der Waals surface area contributed by atoms with E-state index in [1.807, 2.05) is 44.2 Å². The molecule has 1 aliphatic heterocycles.